The maximum absolute atomic E-state index is 12.5. The van der Waals surface area contributed by atoms with Crippen LogP contribution in [0.2, 0.25) is 0 Å². The summed E-state index contributed by atoms with van der Waals surface area (Å²) in [6.45, 7) is 0.312. The lowest BCUT2D eigenvalue weighted by Gasteiger charge is -2.07. The minimum Gasteiger partial charge on any atom is -0.346 e. The van der Waals surface area contributed by atoms with Crippen LogP contribution < -0.4 is 5.73 Å². The maximum Gasteiger partial charge on any atom is 0.416 e. The first kappa shape index (κ1) is 11.0. The molecule has 86 valence electrons. The van der Waals surface area contributed by atoms with Gasteiger partial charge >= 0.3 is 6.18 Å². The highest BCUT2D eigenvalue weighted by Crippen LogP contribution is 2.32. The summed E-state index contributed by atoms with van der Waals surface area (Å²) in [5.74, 6) is 0. The number of rotatable bonds is 1. The standard InChI is InChI=1S/C11H11F3N2/c1-16-9(6-15)4-7-2-3-8(5-10(7)16)11(12,13)14/h2-5H,6,15H2,1H3. The van der Waals surface area contributed by atoms with Crippen LogP contribution in [0.5, 0.6) is 0 Å². The molecule has 0 unspecified atom stereocenters. The van der Waals surface area contributed by atoms with Crippen molar-refractivity contribution in [3.63, 3.8) is 0 Å². The van der Waals surface area contributed by atoms with E-state index in [0.717, 1.165) is 23.2 Å². The van der Waals surface area contributed by atoms with Crippen molar-refractivity contribution < 1.29 is 13.2 Å². The molecule has 0 aliphatic heterocycles. The SMILES string of the molecule is Cn1c(CN)cc2ccc(C(F)(F)F)cc21. The van der Waals surface area contributed by atoms with Crippen LogP contribution in [-0.4, -0.2) is 4.57 Å². The zero-order chi connectivity index (χ0) is 11.9. The molecule has 0 atom stereocenters. The van der Waals surface area contributed by atoms with Gasteiger partial charge in [-0.05, 0) is 23.6 Å². The first-order valence-corrected chi connectivity index (χ1v) is 4.79. The Morgan fingerprint density at radius 3 is 2.50 bits per heavy atom. The highest BCUT2D eigenvalue weighted by Gasteiger charge is 2.30. The number of halogens is 3. The van der Waals surface area contributed by atoms with Crippen LogP contribution in [0.25, 0.3) is 10.9 Å². The van der Waals surface area contributed by atoms with Crippen LogP contribution in [0.15, 0.2) is 24.3 Å². The molecule has 0 saturated heterocycles. The van der Waals surface area contributed by atoms with E-state index in [9.17, 15) is 13.2 Å². The van der Waals surface area contributed by atoms with Gasteiger partial charge in [-0.15, -0.1) is 0 Å². The molecule has 2 nitrogen and oxygen atoms in total. The molecule has 0 aliphatic carbocycles. The molecule has 0 fully saturated rings. The zero-order valence-electron chi connectivity index (χ0n) is 8.67. The molecule has 0 aliphatic rings. The summed E-state index contributed by atoms with van der Waals surface area (Å²) in [5.41, 5.74) is 6.23. The number of alkyl halides is 3. The molecule has 1 aromatic carbocycles. The van der Waals surface area contributed by atoms with Crippen LogP contribution in [0.4, 0.5) is 13.2 Å². The van der Waals surface area contributed by atoms with Crippen molar-refractivity contribution in [1.29, 1.82) is 0 Å². The van der Waals surface area contributed by atoms with E-state index in [2.05, 4.69) is 0 Å². The third-order valence-electron chi connectivity index (χ3n) is 2.68. The summed E-state index contributed by atoms with van der Waals surface area (Å²) in [7, 11) is 1.71. The quantitative estimate of drug-likeness (QED) is 0.799. The monoisotopic (exact) mass is 228 g/mol. The molecule has 0 spiro atoms. The molecule has 0 radical (unpaired) electrons. The predicted octanol–water partition coefficient (Wildman–Crippen LogP) is 2.66. The smallest absolute Gasteiger partial charge is 0.346 e. The minimum atomic E-state index is -4.30. The first-order chi connectivity index (χ1) is 7.43. The highest BCUT2D eigenvalue weighted by atomic mass is 19.4. The lowest BCUT2D eigenvalue weighted by atomic mass is 10.1. The van der Waals surface area contributed by atoms with Crippen molar-refractivity contribution in [3.05, 3.63) is 35.5 Å². The summed E-state index contributed by atoms with van der Waals surface area (Å²) in [4.78, 5) is 0. The number of hydrogen-bond acceptors (Lipinski definition) is 1. The summed E-state index contributed by atoms with van der Waals surface area (Å²) >= 11 is 0. The van der Waals surface area contributed by atoms with Crippen LogP contribution in [0, 0.1) is 0 Å². The fourth-order valence-corrected chi connectivity index (χ4v) is 1.76. The van der Waals surface area contributed by atoms with E-state index < -0.39 is 11.7 Å². The topological polar surface area (TPSA) is 30.9 Å². The van der Waals surface area contributed by atoms with E-state index in [-0.39, 0.29) is 0 Å². The number of hydrogen-bond donors (Lipinski definition) is 1. The second-order valence-corrected chi connectivity index (χ2v) is 3.67. The van der Waals surface area contributed by atoms with Crippen molar-refractivity contribution in [2.75, 3.05) is 0 Å². The van der Waals surface area contributed by atoms with Crippen molar-refractivity contribution in [2.45, 2.75) is 12.7 Å². The van der Waals surface area contributed by atoms with Gasteiger partial charge in [-0.1, -0.05) is 6.07 Å². The summed E-state index contributed by atoms with van der Waals surface area (Å²) in [6.07, 6.45) is -4.30. The summed E-state index contributed by atoms with van der Waals surface area (Å²) < 4.78 is 39.2. The average Bonchev–Trinajstić information content (AvgIpc) is 2.54. The summed E-state index contributed by atoms with van der Waals surface area (Å²) in [6, 6.07) is 5.50. The third kappa shape index (κ3) is 1.67. The molecule has 5 heteroatoms. The Kier molecular flexibility index (Phi) is 2.42. The molecular weight excluding hydrogens is 217 g/mol. The molecule has 0 amide bonds. The van der Waals surface area contributed by atoms with Gasteiger partial charge in [-0.25, -0.2) is 0 Å². The predicted molar refractivity (Wildman–Crippen MR) is 55.8 cm³/mol. The van der Waals surface area contributed by atoms with Crippen LogP contribution >= 0.6 is 0 Å². The van der Waals surface area contributed by atoms with Gasteiger partial charge in [0, 0.05) is 24.8 Å². The molecular formula is C11H11F3N2. The van der Waals surface area contributed by atoms with E-state index in [4.69, 9.17) is 5.73 Å². The lowest BCUT2D eigenvalue weighted by Crippen LogP contribution is -2.05. The zero-order valence-corrected chi connectivity index (χ0v) is 8.67. The van der Waals surface area contributed by atoms with Gasteiger partial charge in [-0.2, -0.15) is 13.2 Å². The molecule has 2 N–H and O–H groups in total. The first-order valence-electron chi connectivity index (χ1n) is 4.79. The van der Waals surface area contributed by atoms with Crippen molar-refractivity contribution in [1.82, 2.24) is 4.57 Å². The molecule has 2 aromatic rings. The van der Waals surface area contributed by atoms with Gasteiger partial charge in [0.2, 0.25) is 0 Å². The number of aryl methyl sites for hydroxylation is 1. The molecule has 1 aromatic heterocycles. The second kappa shape index (κ2) is 3.52. The third-order valence-corrected chi connectivity index (χ3v) is 2.68. The Balaban J connectivity index is 2.66. The van der Waals surface area contributed by atoms with E-state index in [1.807, 2.05) is 0 Å². The van der Waals surface area contributed by atoms with Crippen molar-refractivity contribution in [3.8, 4) is 0 Å². The fraction of sp³-hybridized carbons (Fsp3) is 0.273. The minimum absolute atomic E-state index is 0.312. The van der Waals surface area contributed by atoms with Crippen LogP contribution in [-0.2, 0) is 19.8 Å². The van der Waals surface area contributed by atoms with Crippen molar-refractivity contribution in [2.24, 2.45) is 12.8 Å². The Labute approximate surface area is 90.5 Å². The van der Waals surface area contributed by atoms with Gasteiger partial charge < -0.3 is 10.3 Å². The van der Waals surface area contributed by atoms with Crippen LogP contribution in [0.1, 0.15) is 11.3 Å². The molecule has 1 heterocycles. The number of nitrogens with zero attached hydrogens (tertiary/aromatic N) is 1. The Morgan fingerprint density at radius 2 is 1.94 bits per heavy atom. The summed E-state index contributed by atoms with van der Waals surface area (Å²) in [5, 5.41) is 0.774. The van der Waals surface area contributed by atoms with Gasteiger partial charge in [0.05, 0.1) is 5.56 Å². The number of nitrogens with two attached hydrogens (primary N) is 1. The molecule has 0 bridgehead atoms. The molecule has 0 saturated carbocycles. The Morgan fingerprint density at radius 1 is 1.25 bits per heavy atom. The Bertz CT molecular complexity index is 526. The van der Waals surface area contributed by atoms with Gasteiger partial charge in [0.25, 0.3) is 0 Å². The number of benzene rings is 1. The normalized spacial score (nSPS) is 12.3. The fourth-order valence-electron chi connectivity index (χ4n) is 1.76. The maximum atomic E-state index is 12.5. The molecule has 2 rings (SSSR count). The van der Waals surface area contributed by atoms with Crippen molar-refractivity contribution >= 4 is 10.9 Å². The van der Waals surface area contributed by atoms with E-state index >= 15 is 0 Å². The highest BCUT2D eigenvalue weighted by molar-refractivity contribution is 5.82. The van der Waals surface area contributed by atoms with E-state index in [1.54, 1.807) is 17.7 Å². The van der Waals surface area contributed by atoms with E-state index in [0.29, 0.717) is 12.1 Å². The number of fused-ring (bicyclic) bond motifs is 1. The number of aromatic nitrogens is 1. The van der Waals surface area contributed by atoms with Gasteiger partial charge in [0.1, 0.15) is 0 Å². The van der Waals surface area contributed by atoms with Crippen LogP contribution in [0.3, 0.4) is 0 Å². The molecule has 16 heavy (non-hydrogen) atoms. The average molecular weight is 228 g/mol. The van der Waals surface area contributed by atoms with E-state index in [1.165, 1.54) is 6.07 Å². The second-order valence-electron chi connectivity index (χ2n) is 3.67. The van der Waals surface area contributed by atoms with Gasteiger partial charge in [-0.3, -0.25) is 0 Å². The van der Waals surface area contributed by atoms with Gasteiger partial charge in [0.15, 0.2) is 0 Å². The Hall–Kier alpha value is -1.49. The largest absolute Gasteiger partial charge is 0.416 e. The lowest BCUT2D eigenvalue weighted by molar-refractivity contribution is -0.137.